The largest absolute Gasteiger partial charge is 0.383 e. The second-order valence-electron chi connectivity index (χ2n) is 4.48. The van der Waals surface area contributed by atoms with Crippen LogP contribution in [0, 0.1) is 0 Å². The van der Waals surface area contributed by atoms with Crippen LogP contribution in [0.1, 0.15) is 16.1 Å². The molecule has 0 radical (unpaired) electrons. The molecule has 0 saturated carbocycles. The molecule has 1 amide bonds. The molecule has 0 spiro atoms. The first-order valence-electron chi connectivity index (χ1n) is 6.57. The second-order valence-corrected chi connectivity index (χ2v) is 4.48. The lowest BCUT2D eigenvalue weighted by Crippen LogP contribution is -2.34. The van der Waals surface area contributed by atoms with E-state index in [4.69, 9.17) is 4.74 Å². The zero-order valence-corrected chi connectivity index (χ0v) is 11.8. The van der Waals surface area contributed by atoms with E-state index in [1.165, 1.54) is 12.3 Å². The standard InChI is InChI=1S/C15H17N3O3/c1-21-9-8-18(11-13-4-2-3-6-16-13)15(20)12-5-7-17-14(19)10-12/h2-7,10H,8-9,11H2,1H3,(H,17,19). The van der Waals surface area contributed by atoms with Gasteiger partial charge in [-0.05, 0) is 18.2 Å². The lowest BCUT2D eigenvalue weighted by atomic mass is 10.2. The van der Waals surface area contributed by atoms with Gasteiger partial charge in [0, 0.05) is 37.7 Å². The molecule has 110 valence electrons. The summed E-state index contributed by atoms with van der Waals surface area (Å²) >= 11 is 0. The monoisotopic (exact) mass is 287 g/mol. The normalized spacial score (nSPS) is 10.3. The fourth-order valence-electron chi connectivity index (χ4n) is 1.90. The number of hydrogen-bond donors (Lipinski definition) is 1. The predicted molar refractivity (Wildman–Crippen MR) is 77.9 cm³/mol. The number of aromatic nitrogens is 2. The highest BCUT2D eigenvalue weighted by Crippen LogP contribution is 2.07. The molecule has 0 aliphatic carbocycles. The van der Waals surface area contributed by atoms with Gasteiger partial charge in [0.05, 0.1) is 18.8 Å². The van der Waals surface area contributed by atoms with Gasteiger partial charge in [-0.1, -0.05) is 6.07 Å². The van der Waals surface area contributed by atoms with Crippen molar-refractivity contribution in [3.8, 4) is 0 Å². The number of carbonyl (C=O) groups is 1. The summed E-state index contributed by atoms with van der Waals surface area (Å²) in [5, 5.41) is 0. The van der Waals surface area contributed by atoms with Crippen molar-refractivity contribution >= 4 is 5.91 Å². The lowest BCUT2D eigenvalue weighted by molar-refractivity contribution is 0.0677. The summed E-state index contributed by atoms with van der Waals surface area (Å²) in [4.78, 5) is 32.1. The van der Waals surface area contributed by atoms with Crippen LogP contribution >= 0.6 is 0 Å². The average molecular weight is 287 g/mol. The Morgan fingerprint density at radius 1 is 1.38 bits per heavy atom. The van der Waals surface area contributed by atoms with E-state index in [1.54, 1.807) is 24.3 Å². The number of pyridine rings is 2. The van der Waals surface area contributed by atoms with E-state index in [9.17, 15) is 9.59 Å². The lowest BCUT2D eigenvalue weighted by Gasteiger charge is -2.22. The molecule has 0 aliphatic rings. The summed E-state index contributed by atoms with van der Waals surface area (Å²) in [5.74, 6) is -0.219. The summed E-state index contributed by atoms with van der Waals surface area (Å²) in [6.07, 6.45) is 3.15. The average Bonchev–Trinajstić information content (AvgIpc) is 2.51. The summed E-state index contributed by atoms with van der Waals surface area (Å²) in [7, 11) is 1.58. The van der Waals surface area contributed by atoms with Crippen LogP contribution < -0.4 is 5.56 Å². The molecule has 2 heterocycles. The Kier molecular flexibility index (Phi) is 5.22. The fraction of sp³-hybridized carbons (Fsp3) is 0.267. The van der Waals surface area contributed by atoms with Gasteiger partial charge in [-0.15, -0.1) is 0 Å². The van der Waals surface area contributed by atoms with Crippen molar-refractivity contribution in [1.82, 2.24) is 14.9 Å². The third-order valence-electron chi connectivity index (χ3n) is 2.95. The van der Waals surface area contributed by atoms with Gasteiger partial charge in [-0.3, -0.25) is 14.6 Å². The summed E-state index contributed by atoms with van der Waals surface area (Å²) in [5.41, 5.74) is 0.836. The quantitative estimate of drug-likeness (QED) is 0.862. The predicted octanol–water partition coefficient (Wildman–Crippen LogP) is 1.06. The number of amides is 1. The van der Waals surface area contributed by atoms with E-state index in [0.29, 0.717) is 25.3 Å². The van der Waals surface area contributed by atoms with Gasteiger partial charge in [-0.25, -0.2) is 0 Å². The van der Waals surface area contributed by atoms with Gasteiger partial charge < -0.3 is 14.6 Å². The van der Waals surface area contributed by atoms with Crippen LogP contribution in [0.2, 0.25) is 0 Å². The molecular formula is C15H17N3O3. The van der Waals surface area contributed by atoms with Gasteiger partial charge in [-0.2, -0.15) is 0 Å². The van der Waals surface area contributed by atoms with Crippen molar-refractivity contribution in [1.29, 1.82) is 0 Å². The Bertz CT molecular complexity index is 640. The first kappa shape index (κ1) is 14.9. The Hall–Kier alpha value is -2.47. The number of hydrogen-bond acceptors (Lipinski definition) is 4. The van der Waals surface area contributed by atoms with Crippen LogP contribution in [0.25, 0.3) is 0 Å². The Labute approximate surface area is 122 Å². The van der Waals surface area contributed by atoms with Gasteiger partial charge in [0.1, 0.15) is 0 Å². The van der Waals surface area contributed by atoms with Crippen LogP contribution in [0.5, 0.6) is 0 Å². The van der Waals surface area contributed by atoms with Crippen LogP contribution in [-0.2, 0) is 11.3 Å². The summed E-state index contributed by atoms with van der Waals surface area (Å²) < 4.78 is 5.04. The number of aromatic amines is 1. The molecule has 0 bridgehead atoms. The molecule has 0 fully saturated rings. The van der Waals surface area contributed by atoms with E-state index in [2.05, 4.69) is 9.97 Å². The van der Waals surface area contributed by atoms with Crippen molar-refractivity contribution in [2.24, 2.45) is 0 Å². The molecule has 2 rings (SSSR count). The highest BCUT2D eigenvalue weighted by atomic mass is 16.5. The molecule has 6 heteroatoms. The van der Waals surface area contributed by atoms with Crippen LogP contribution in [0.4, 0.5) is 0 Å². The number of methoxy groups -OCH3 is 1. The molecule has 21 heavy (non-hydrogen) atoms. The third kappa shape index (κ3) is 4.25. The highest BCUT2D eigenvalue weighted by molar-refractivity contribution is 5.94. The van der Waals surface area contributed by atoms with Crippen LogP contribution in [-0.4, -0.2) is 41.0 Å². The van der Waals surface area contributed by atoms with Gasteiger partial charge in [0.15, 0.2) is 0 Å². The molecular weight excluding hydrogens is 270 g/mol. The minimum atomic E-state index is -0.301. The SMILES string of the molecule is COCCN(Cc1ccccn1)C(=O)c1cc[nH]c(=O)c1. The number of nitrogens with one attached hydrogen (secondary N) is 1. The molecule has 2 aromatic heterocycles. The minimum absolute atomic E-state index is 0.219. The van der Waals surface area contributed by atoms with Crippen molar-refractivity contribution in [2.45, 2.75) is 6.54 Å². The van der Waals surface area contributed by atoms with E-state index in [-0.39, 0.29) is 11.5 Å². The molecule has 6 nitrogen and oxygen atoms in total. The molecule has 0 saturated heterocycles. The third-order valence-corrected chi connectivity index (χ3v) is 2.95. The highest BCUT2D eigenvalue weighted by Gasteiger charge is 2.16. The molecule has 2 aromatic rings. The van der Waals surface area contributed by atoms with Crippen molar-refractivity contribution in [2.75, 3.05) is 20.3 Å². The Morgan fingerprint density at radius 3 is 2.90 bits per heavy atom. The molecule has 1 N–H and O–H groups in total. The van der Waals surface area contributed by atoms with Crippen LogP contribution in [0.15, 0.2) is 47.5 Å². The zero-order valence-electron chi connectivity index (χ0n) is 11.8. The molecule has 0 aliphatic heterocycles. The maximum Gasteiger partial charge on any atom is 0.254 e. The molecule has 0 atom stereocenters. The van der Waals surface area contributed by atoms with Crippen LogP contribution in [0.3, 0.4) is 0 Å². The smallest absolute Gasteiger partial charge is 0.254 e. The fourth-order valence-corrected chi connectivity index (χ4v) is 1.90. The van der Waals surface area contributed by atoms with Crippen molar-refractivity contribution in [3.05, 3.63) is 64.3 Å². The molecule has 0 aromatic carbocycles. The maximum atomic E-state index is 12.5. The van der Waals surface area contributed by atoms with E-state index < -0.39 is 0 Å². The first-order valence-corrected chi connectivity index (χ1v) is 6.57. The van der Waals surface area contributed by atoms with E-state index >= 15 is 0 Å². The summed E-state index contributed by atoms with van der Waals surface area (Å²) in [6, 6.07) is 8.42. The number of ether oxygens (including phenoxy) is 1. The first-order chi connectivity index (χ1) is 10.2. The summed E-state index contributed by atoms with van der Waals surface area (Å²) in [6.45, 7) is 1.22. The molecule has 0 unspecified atom stereocenters. The number of nitrogens with zero attached hydrogens (tertiary/aromatic N) is 2. The van der Waals surface area contributed by atoms with Crippen molar-refractivity contribution in [3.63, 3.8) is 0 Å². The number of rotatable bonds is 6. The van der Waals surface area contributed by atoms with E-state index in [0.717, 1.165) is 5.69 Å². The van der Waals surface area contributed by atoms with Gasteiger partial charge in [0.25, 0.3) is 5.91 Å². The zero-order chi connectivity index (χ0) is 15.1. The van der Waals surface area contributed by atoms with Gasteiger partial charge in [0.2, 0.25) is 5.56 Å². The van der Waals surface area contributed by atoms with Gasteiger partial charge >= 0.3 is 0 Å². The Balaban J connectivity index is 2.18. The minimum Gasteiger partial charge on any atom is -0.383 e. The van der Waals surface area contributed by atoms with Crippen molar-refractivity contribution < 1.29 is 9.53 Å². The Morgan fingerprint density at radius 2 is 2.24 bits per heavy atom. The number of carbonyl (C=O) groups excluding carboxylic acids is 1. The maximum absolute atomic E-state index is 12.5. The topological polar surface area (TPSA) is 75.3 Å². The number of H-pyrrole nitrogens is 1. The second kappa shape index (κ2) is 7.35. The van der Waals surface area contributed by atoms with E-state index in [1.807, 2.05) is 18.2 Å².